The van der Waals surface area contributed by atoms with E-state index in [0.29, 0.717) is 24.7 Å². The molecule has 1 aromatic carbocycles. The van der Waals surface area contributed by atoms with E-state index in [1.807, 2.05) is 31.4 Å². The molecule has 1 aliphatic rings. The zero-order valence-corrected chi connectivity index (χ0v) is 15.5. The van der Waals surface area contributed by atoms with E-state index in [9.17, 15) is 9.59 Å². The summed E-state index contributed by atoms with van der Waals surface area (Å²) < 4.78 is 15.7. The van der Waals surface area contributed by atoms with E-state index < -0.39 is 5.97 Å². The average molecular weight is 376 g/mol. The zero-order chi connectivity index (χ0) is 18.5. The van der Waals surface area contributed by atoms with Gasteiger partial charge in [-0.15, -0.1) is 11.3 Å². The van der Waals surface area contributed by atoms with Gasteiger partial charge >= 0.3 is 5.97 Å². The van der Waals surface area contributed by atoms with Gasteiger partial charge in [0.15, 0.2) is 6.61 Å². The number of aryl methyl sites for hydroxylation is 1. The monoisotopic (exact) mass is 376 g/mol. The highest BCUT2D eigenvalue weighted by Gasteiger charge is 2.28. The molecular weight excluding hydrogens is 356 g/mol. The maximum atomic E-state index is 12.3. The van der Waals surface area contributed by atoms with E-state index in [-0.39, 0.29) is 25.7 Å². The van der Waals surface area contributed by atoms with Crippen LogP contribution in [0.15, 0.2) is 23.6 Å². The molecule has 0 fully saturated rings. The fourth-order valence-corrected chi connectivity index (χ4v) is 3.19. The number of hydrogen-bond donors (Lipinski definition) is 0. The van der Waals surface area contributed by atoms with Crippen LogP contribution in [-0.2, 0) is 19.1 Å². The molecule has 7 nitrogen and oxygen atoms in total. The van der Waals surface area contributed by atoms with Crippen LogP contribution in [0.5, 0.6) is 5.75 Å². The molecule has 0 unspecified atom stereocenters. The van der Waals surface area contributed by atoms with Crippen molar-refractivity contribution in [3.63, 3.8) is 0 Å². The van der Waals surface area contributed by atoms with E-state index in [1.165, 1.54) is 4.90 Å². The molecule has 0 radical (unpaired) electrons. The van der Waals surface area contributed by atoms with Crippen molar-refractivity contribution < 1.29 is 23.8 Å². The second kappa shape index (κ2) is 8.29. The minimum Gasteiger partial charge on any atom is -0.482 e. The second-order valence-corrected chi connectivity index (χ2v) is 6.68. The van der Waals surface area contributed by atoms with Gasteiger partial charge in [-0.05, 0) is 32.0 Å². The van der Waals surface area contributed by atoms with E-state index in [2.05, 4.69) is 4.98 Å². The summed E-state index contributed by atoms with van der Waals surface area (Å²) in [6, 6.07) is 5.50. The van der Waals surface area contributed by atoms with Crippen molar-refractivity contribution in [1.29, 1.82) is 0 Å². The summed E-state index contributed by atoms with van der Waals surface area (Å²) in [5, 5.41) is 2.91. The summed E-state index contributed by atoms with van der Waals surface area (Å²) >= 11 is 1.55. The van der Waals surface area contributed by atoms with Gasteiger partial charge in [0.1, 0.15) is 18.9 Å². The van der Waals surface area contributed by atoms with E-state index in [4.69, 9.17) is 14.2 Å². The predicted octanol–water partition coefficient (Wildman–Crippen LogP) is 2.42. The fraction of sp³-hybridized carbons (Fsp3) is 0.389. The Balaban J connectivity index is 1.77. The van der Waals surface area contributed by atoms with Gasteiger partial charge in [-0.3, -0.25) is 14.5 Å². The summed E-state index contributed by atoms with van der Waals surface area (Å²) in [5.41, 5.74) is 2.24. The number of carbonyl (C=O) groups is 2. The first-order chi connectivity index (χ1) is 12.6. The number of ether oxygens (including phenoxy) is 3. The van der Waals surface area contributed by atoms with Crippen molar-refractivity contribution in [1.82, 2.24) is 4.98 Å². The molecule has 0 aliphatic carbocycles. The molecule has 26 heavy (non-hydrogen) atoms. The largest absolute Gasteiger partial charge is 0.482 e. The average Bonchev–Trinajstić information content (AvgIpc) is 3.07. The van der Waals surface area contributed by atoms with Crippen LogP contribution in [0.2, 0.25) is 0 Å². The number of amides is 1. The van der Waals surface area contributed by atoms with Crippen molar-refractivity contribution in [2.75, 3.05) is 37.9 Å². The van der Waals surface area contributed by atoms with Gasteiger partial charge in [0, 0.05) is 17.6 Å². The zero-order valence-electron chi connectivity index (χ0n) is 14.7. The van der Waals surface area contributed by atoms with E-state index in [0.717, 1.165) is 16.3 Å². The van der Waals surface area contributed by atoms with Gasteiger partial charge in [0.25, 0.3) is 5.91 Å². The summed E-state index contributed by atoms with van der Waals surface area (Å²) in [5.74, 6) is -0.214. The van der Waals surface area contributed by atoms with E-state index >= 15 is 0 Å². The lowest BCUT2D eigenvalue weighted by atomic mass is 10.1. The smallest absolute Gasteiger partial charge is 0.326 e. The van der Waals surface area contributed by atoms with E-state index in [1.54, 1.807) is 17.4 Å². The molecule has 3 rings (SSSR count). The standard InChI is InChI=1S/C18H20N2O5S/c1-3-23-6-7-24-18(22)9-20-15-8-13(14-11-26-12(2)19-14)4-5-16(15)25-10-17(20)21/h4-5,8,11H,3,6-7,9-10H2,1-2H3. The normalized spacial score (nSPS) is 13.3. The summed E-state index contributed by atoms with van der Waals surface area (Å²) in [6.07, 6.45) is 0. The molecular formula is C18H20N2O5S. The Labute approximate surface area is 155 Å². The van der Waals surface area contributed by atoms with Gasteiger partial charge in [-0.1, -0.05) is 0 Å². The molecule has 1 aliphatic heterocycles. The number of hydrogen-bond acceptors (Lipinski definition) is 7. The molecule has 0 saturated carbocycles. The summed E-state index contributed by atoms with van der Waals surface area (Å²) in [7, 11) is 0. The van der Waals surface area contributed by atoms with Crippen LogP contribution in [0.3, 0.4) is 0 Å². The van der Waals surface area contributed by atoms with Gasteiger partial charge in [0.2, 0.25) is 0 Å². The number of nitrogens with zero attached hydrogens (tertiary/aromatic N) is 2. The lowest BCUT2D eigenvalue weighted by Gasteiger charge is -2.29. The van der Waals surface area contributed by atoms with Crippen LogP contribution in [0.1, 0.15) is 11.9 Å². The van der Waals surface area contributed by atoms with Gasteiger partial charge < -0.3 is 14.2 Å². The highest BCUT2D eigenvalue weighted by atomic mass is 32.1. The number of benzene rings is 1. The first-order valence-corrected chi connectivity index (χ1v) is 9.19. The highest BCUT2D eigenvalue weighted by molar-refractivity contribution is 7.09. The molecule has 8 heteroatoms. The van der Waals surface area contributed by atoms with Crippen molar-refractivity contribution in [3.8, 4) is 17.0 Å². The molecule has 1 amide bonds. The second-order valence-electron chi connectivity index (χ2n) is 5.62. The minimum atomic E-state index is -0.485. The lowest BCUT2D eigenvalue weighted by Crippen LogP contribution is -2.42. The van der Waals surface area contributed by atoms with Crippen molar-refractivity contribution >= 4 is 28.9 Å². The molecule has 0 bridgehead atoms. The van der Waals surface area contributed by atoms with Gasteiger partial charge in [0.05, 0.1) is 23.0 Å². The van der Waals surface area contributed by atoms with Crippen LogP contribution < -0.4 is 9.64 Å². The Bertz CT molecular complexity index is 805. The third-order valence-corrected chi connectivity index (χ3v) is 4.57. The summed E-state index contributed by atoms with van der Waals surface area (Å²) in [4.78, 5) is 30.2. The first kappa shape index (κ1) is 18.3. The predicted molar refractivity (Wildman–Crippen MR) is 97.6 cm³/mol. The third-order valence-electron chi connectivity index (χ3n) is 3.80. The van der Waals surface area contributed by atoms with Crippen LogP contribution in [-0.4, -0.2) is 49.8 Å². The SMILES string of the molecule is CCOCCOC(=O)CN1C(=O)COc2ccc(-c3csc(C)n3)cc21. The number of aromatic nitrogens is 1. The van der Waals surface area contributed by atoms with Gasteiger partial charge in [-0.25, -0.2) is 4.98 Å². The minimum absolute atomic E-state index is 0.103. The number of esters is 1. The fourth-order valence-electron chi connectivity index (χ4n) is 2.56. The molecule has 0 N–H and O–H groups in total. The first-order valence-electron chi connectivity index (χ1n) is 8.31. The van der Waals surface area contributed by atoms with Crippen molar-refractivity contribution in [3.05, 3.63) is 28.6 Å². The number of carbonyl (C=O) groups excluding carboxylic acids is 2. The van der Waals surface area contributed by atoms with Crippen molar-refractivity contribution in [2.45, 2.75) is 13.8 Å². The molecule has 2 heterocycles. The van der Waals surface area contributed by atoms with Crippen LogP contribution >= 0.6 is 11.3 Å². The van der Waals surface area contributed by atoms with Crippen LogP contribution in [0.25, 0.3) is 11.3 Å². The molecule has 0 atom stereocenters. The Morgan fingerprint density at radius 1 is 1.38 bits per heavy atom. The van der Waals surface area contributed by atoms with Gasteiger partial charge in [-0.2, -0.15) is 0 Å². The third kappa shape index (κ3) is 4.20. The molecule has 2 aromatic rings. The molecule has 0 spiro atoms. The lowest BCUT2D eigenvalue weighted by molar-refractivity contribution is -0.144. The Morgan fingerprint density at radius 2 is 2.23 bits per heavy atom. The topological polar surface area (TPSA) is 78.0 Å². The number of thiazole rings is 1. The molecule has 0 saturated heterocycles. The number of anilines is 1. The van der Waals surface area contributed by atoms with Crippen molar-refractivity contribution in [2.24, 2.45) is 0 Å². The number of rotatable bonds is 7. The Kier molecular flexibility index (Phi) is 5.85. The number of fused-ring (bicyclic) bond motifs is 1. The Morgan fingerprint density at radius 3 is 2.96 bits per heavy atom. The molecule has 138 valence electrons. The maximum absolute atomic E-state index is 12.3. The van der Waals surface area contributed by atoms with Crippen LogP contribution in [0, 0.1) is 6.92 Å². The van der Waals surface area contributed by atoms with Crippen LogP contribution in [0.4, 0.5) is 5.69 Å². The Hall–Kier alpha value is -2.45. The quantitative estimate of drug-likeness (QED) is 0.546. The molecule has 1 aromatic heterocycles. The highest BCUT2D eigenvalue weighted by Crippen LogP contribution is 2.36. The maximum Gasteiger partial charge on any atom is 0.326 e. The summed E-state index contributed by atoms with van der Waals surface area (Å²) in [6.45, 7) is 4.59.